The van der Waals surface area contributed by atoms with Crippen LogP contribution in [0.2, 0.25) is 0 Å². The summed E-state index contributed by atoms with van der Waals surface area (Å²) < 4.78 is 6.28. The van der Waals surface area contributed by atoms with E-state index in [1.54, 1.807) is 0 Å². The van der Waals surface area contributed by atoms with Gasteiger partial charge in [0.2, 0.25) is 0 Å². The largest absolute Gasteiger partial charge is 0.452 e. The highest BCUT2D eigenvalue weighted by molar-refractivity contribution is 6.07. The smallest absolute Gasteiger partial charge is 0.180 e. The summed E-state index contributed by atoms with van der Waals surface area (Å²) >= 11 is 0. The van der Waals surface area contributed by atoms with Gasteiger partial charge in [-0.2, -0.15) is 0 Å². The molecule has 3 heterocycles. The van der Waals surface area contributed by atoms with Gasteiger partial charge in [0.05, 0.1) is 22.4 Å². The number of hydrogen-bond donors (Lipinski definition) is 0. The molecule has 0 N–H and O–H groups in total. The molecule has 0 fully saturated rings. The van der Waals surface area contributed by atoms with E-state index in [1.165, 1.54) is 0 Å². The number of aromatic nitrogens is 4. The molecular weight excluding hydrogens is 504 g/mol. The number of nitrogens with zero attached hydrogens (tertiary/aromatic N) is 4. The van der Waals surface area contributed by atoms with E-state index < -0.39 is 0 Å². The van der Waals surface area contributed by atoms with Crippen LogP contribution in [0.5, 0.6) is 0 Å². The summed E-state index contributed by atoms with van der Waals surface area (Å²) in [5.74, 6) is 0.625. The zero-order valence-electron chi connectivity index (χ0n) is 21.9. The van der Waals surface area contributed by atoms with E-state index >= 15 is 0 Å². The van der Waals surface area contributed by atoms with Gasteiger partial charge in [-0.15, -0.1) is 0 Å². The number of para-hydroxylation sites is 3. The molecule has 5 nitrogen and oxygen atoms in total. The Kier molecular flexibility index (Phi) is 5.38. The van der Waals surface area contributed by atoms with Crippen LogP contribution < -0.4 is 0 Å². The SMILES string of the molecule is c1ccc(-c2nc3ccccc3nc2-c2cccc(-c3nc(-c4ccccc4)c4oc5ccccc5c4n3)c2)cc1. The van der Waals surface area contributed by atoms with Gasteiger partial charge in [0.15, 0.2) is 11.4 Å². The Balaban J connectivity index is 1.36. The van der Waals surface area contributed by atoms with Crippen molar-refractivity contribution in [3.63, 3.8) is 0 Å². The van der Waals surface area contributed by atoms with E-state index in [0.29, 0.717) is 11.4 Å². The number of benzene rings is 5. The zero-order chi connectivity index (χ0) is 27.2. The lowest BCUT2D eigenvalue weighted by Gasteiger charge is -2.12. The van der Waals surface area contributed by atoms with Crippen LogP contribution in [0.1, 0.15) is 0 Å². The summed E-state index contributed by atoms with van der Waals surface area (Å²) in [6.45, 7) is 0. The maximum Gasteiger partial charge on any atom is 0.180 e. The quantitative estimate of drug-likeness (QED) is 0.229. The fourth-order valence-corrected chi connectivity index (χ4v) is 5.32. The summed E-state index contributed by atoms with van der Waals surface area (Å²) in [5.41, 5.74) is 10.2. The fraction of sp³-hybridized carbons (Fsp3) is 0. The third-order valence-electron chi connectivity index (χ3n) is 7.28. The van der Waals surface area contributed by atoms with Crippen LogP contribution in [-0.2, 0) is 0 Å². The molecule has 0 unspecified atom stereocenters. The molecule has 192 valence electrons. The van der Waals surface area contributed by atoms with Crippen molar-refractivity contribution in [3.05, 3.63) is 133 Å². The van der Waals surface area contributed by atoms with E-state index in [-0.39, 0.29) is 0 Å². The Hall–Kier alpha value is -5.68. The van der Waals surface area contributed by atoms with Crippen LogP contribution in [0.15, 0.2) is 138 Å². The van der Waals surface area contributed by atoms with E-state index in [4.69, 9.17) is 24.4 Å². The van der Waals surface area contributed by atoms with Crippen LogP contribution in [0, 0.1) is 0 Å². The second-order valence-corrected chi connectivity index (χ2v) is 9.89. The van der Waals surface area contributed by atoms with Gasteiger partial charge < -0.3 is 4.42 Å². The lowest BCUT2D eigenvalue weighted by molar-refractivity contribution is 0.667. The zero-order valence-corrected chi connectivity index (χ0v) is 21.9. The Morgan fingerprint density at radius 1 is 0.415 bits per heavy atom. The van der Waals surface area contributed by atoms with Crippen molar-refractivity contribution in [1.29, 1.82) is 0 Å². The topological polar surface area (TPSA) is 64.7 Å². The van der Waals surface area contributed by atoms with E-state index in [1.807, 2.05) is 109 Å². The molecule has 8 rings (SSSR count). The van der Waals surface area contributed by atoms with E-state index in [2.05, 4.69) is 24.3 Å². The lowest BCUT2D eigenvalue weighted by Crippen LogP contribution is -1.97. The molecule has 8 aromatic rings. The molecule has 5 heteroatoms. The van der Waals surface area contributed by atoms with Gasteiger partial charge in [-0.3, -0.25) is 0 Å². The molecule has 5 aromatic carbocycles. The van der Waals surface area contributed by atoms with Gasteiger partial charge in [0, 0.05) is 27.6 Å². The molecule has 0 amide bonds. The highest BCUT2D eigenvalue weighted by Gasteiger charge is 2.19. The summed E-state index contributed by atoms with van der Waals surface area (Å²) in [4.78, 5) is 20.2. The van der Waals surface area contributed by atoms with Crippen molar-refractivity contribution in [2.75, 3.05) is 0 Å². The predicted molar refractivity (Wildman–Crippen MR) is 164 cm³/mol. The van der Waals surface area contributed by atoms with E-state index in [9.17, 15) is 0 Å². The first-order valence-electron chi connectivity index (χ1n) is 13.5. The normalized spacial score (nSPS) is 11.4. The summed E-state index contributed by atoms with van der Waals surface area (Å²) in [7, 11) is 0. The first-order chi connectivity index (χ1) is 20.3. The molecule has 0 saturated heterocycles. The van der Waals surface area contributed by atoms with Gasteiger partial charge in [-0.05, 0) is 30.3 Å². The second-order valence-electron chi connectivity index (χ2n) is 9.89. The van der Waals surface area contributed by atoms with Crippen LogP contribution >= 0.6 is 0 Å². The Morgan fingerprint density at radius 3 is 1.71 bits per heavy atom. The van der Waals surface area contributed by atoms with Crippen LogP contribution in [-0.4, -0.2) is 19.9 Å². The first kappa shape index (κ1) is 23.2. The van der Waals surface area contributed by atoms with Crippen molar-refractivity contribution in [1.82, 2.24) is 19.9 Å². The Labute approximate surface area is 235 Å². The molecule has 3 aromatic heterocycles. The van der Waals surface area contributed by atoms with E-state index in [0.717, 1.165) is 66.9 Å². The molecule has 41 heavy (non-hydrogen) atoms. The molecular formula is C36H22N4O. The predicted octanol–water partition coefficient (Wildman–Crippen LogP) is 8.99. The van der Waals surface area contributed by atoms with Gasteiger partial charge >= 0.3 is 0 Å². The van der Waals surface area contributed by atoms with Crippen LogP contribution in [0.4, 0.5) is 0 Å². The number of rotatable bonds is 4. The minimum atomic E-state index is 0.625. The molecule has 0 radical (unpaired) electrons. The first-order valence-corrected chi connectivity index (χ1v) is 13.5. The van der Waals surface area contributed by atoms with Gasteiger partial charge in [-0.1, -0.05) is 103 Å². The monoisotopic (exact) mass is 526 g/mol. The van der Waals surface area contributed by atoms with Crippen molar-refractivity contribution in [2.24, 2.45) is 0 Å². The number of furan rings is 1. The van der Waals surface area contributed by atoms with Gasteiger partial charge in [0.25, 0.3) is 0 Å². The molecule has 0 aliphatic rings. The summed E-state index contributed by atoms with van der Waals surface area (Å²) in [6.07, 6.45) is 0. The minimum Gasteiger partial charge on any atom is -0.452 e. The lowest BCUT2D eigenvalue weighted by atomic mass is 10.0. The summed E-state index contributed by atoms with van der Waals surface area (Å²) in [5, 5.41) is 0.964. The molecule has 0 atom stereocenters. The fourth-order valence-electron chi connectivity index (χ4n) is 5.32. The van der Waals surface area contributed by atoms with Crippen LogP contribution in [0.3, 0.4) is 0 Å². The van der Waals surface area contributed by atoms with Crippen molar-refractivity contribution in [3.8, 4) is 45.2 Å². The molecule has 0 spiro atoms. The van der Waals surface area contributed by atoms with Gasteiger partial charge in [-0.25, -0.2) is 19.9 Å². The minimum absolute atomic E-state index is 0.625. The molecule has 0 saturated carbocycles. The summed E-state index contributed by atoms with van der Waals surface area (Å²) in [6, 6.07) is 44.5. The molecule has 0 aliphatic carbocycles. The maximum absolute atomic E-state index is 6.28. The number of hydrogen-bond acceptors (Lipinski definition) is 5. The highest BCUT2D eigenvalue weighted by Crippen LogP contribution is 2.37. The Bertz CT molecular complexity index is 2210. The van der Waals surface area contributed by atoms with Crippen molar-refractivity contribution in [2.45, 2.75) is 0 Å². The third kappa shape index (κ3) is 4.03. The third-order valence-corrected chi connectivity index (χ3v) is 7.28. The van der Waals surface area contributed by atoms with Crippen molar-refractivity contribution < 1.29 is 4.42 Å². The average molecular weight is 527 g/mol. The number of fused-ring (bicyclic) bond motifs is 4. The molecule has 0 aliphatic heterocycles. The van der Waals surface area contributed by atoms with Crippen LogP contribution in [0.25, 0.3) is 78.3 Å². The maximum atomic E-state index is 6.28. The standard InChI is InChI=1S/C36H22N4O/c1-3-12-23(13-4-1)31-32(38-29-20-9-8-19-28(29)37-31)25-16-11-17-26(22-25)36-39-33(24-14-5-2-6-15-24)35-34(40-36)27-18-7-10-21-30(27)41-35/h1-22H. The Morgan fingerprint density at radius 2 is 0.976 bits per heavy atom. The highest BCUT2D eigenvalue weighted by atomic mass is 16.3. The van der Waals surface area contributed by atoms with Crippen molar-refractivity contribution >= 4 is 33.1 Å². The average Bonchev–Trinajstić information content (AvgIpc) is 3.43. The second kappa shape index (κ2) is 9.50. The molecule has 0 bridgehead atoms. The van der Waals surface area contributed by atoms with Gasteiger partial charge in [0.1, 0.15) is 16.8 Å².